The highest BCUT2D eigenvalue weighted by atomic mass is 35.5. The molecule has 2 aromatic rings. The zero-order chi connectivity index (χ0) is 20.7. The SMILES string of the molecule is CC[C@@H](N[C@@H](C)CC(=O)N(C)OC)c1ccc(Cl)c(Oc2ccccc2)c1F. The Labute approximate surface area is 170 Å². The third kappa shape index (κ3) is 5.67. The van der Waals surface area contributed by atoms with Crippen LogP contribution in [0.4, 0.5) is 4.39 Å². The Balaban J connectivity index is 2.19. The average molecular weight is 409 g/mol. The van der Waals surface area contributed by atoms with E-state index in [9.17, 15) is 4.79 Å². The highest BCUT2D eigenvalue weighted by Crippen LogP contribution is 2.36. The predicted octanol–water partition coefficient (Wildman–Crippen LogP) is 5.11. The highest BCUT2D eigenvalue weighted by Gasteiger charge is 2.23. The molecule has 0 spiro atoms. The van der Waals surface area contributed by atoms with Crippen LogP contribution in [0.25, 0.3) is 0 Å². The Morgan fingerprint density at radius 2 is 1.93 bits per heavy atom. The molecule has 2 aromatic carbocycles. The van der Waals surface area contributed by atoms with E-state index in [4.69, 9.17) is 21.2 Å². The van der Waals surface area contributed by atoms with E-state index in [0.717, 1.165) is 0 Å². The normalized spacial score (nSPS) is 13.1. The van der Waals surface area contributed by atoms with Crippen molar-refractivity contribution in [1.82, 2.24) is 10.4 Å². The minimum absolute atomic E-state index is 0.00605. The Hall–Kier alpha value is -2.15. The standard InChI is InChI=1S/C21H26ClFN2O3/c1-5-18(24-14(2)13-19(26)25(3)27-4)16-11-12-17(22)21(20(16)23)28-15-9-7-6-8-10-15/h6-12,14,18,24H,5,13H2,1-4H3/t14-,18+/m0/s1. The molecule has 2 atom stereocenters. The molecule has 1 N–H and O–H groups in total. The van der Waals surface area contributed by atoms with Crippen molar-refractivity contribution in [3.05, 3.63) is 58.9 Å². The summed E-state index contributed by atoms with van der Waals surface area (Å²) in [5.41, 5.74) is 0.442. The number of nitrogens with zero attached hydrogens (tertiary/aromatic N) is 1. The summed E-state index contributed by atoms with van der Waals surface area (Å²) in [7, 11) is 2.99. The maximum atomic E-state index is 15.2. The van der Waals surface area contributed by atoms with Gasteiger partial charge < -0.3 is 10.1 Å². The van der Waals surface area contributed by atoms with Gasteiger partial charge in [-0.1, -0.05) is 42.8 Å². The number of carbonyl (C=O) groups excluding carboxylic acids is 1. The van der Waals surface area contributed by atoms with Gasteiger partial charge in [0.25, 0.3) is 0 Å². The number of ether oxygens (including phenoxy) is 1. The van der Waals surface area contributed by atoms with Gasteiger partial charge in [0.15, 0.2) is 11.6 Å². The summed E-state index contributed by atoms with van der Waals surface area (Å²) in [6.45, 7) is 3.82. The fraction of sp³-hybridized carbons (Fsp3) is 0.381. The number of hydroxylamine groups is 2. The fourth-order valence-corrected chi connectivity index (χ4v) is 3.02. The largest absolute Gasteiger partial charge is 0.453 e. The first-order chi connectivity index (χ1) is 13.4. The topological polar surface area (TPSA) is 50.8 Å². The van der Waals surface area contributed by atoms with Crippen molar-refractivity contribution in [2.75, 3.05) is 14.2 Å². The first-order valence-corrected chi connectivity index (χ1v) is 9.52. The van der Waals surface area contributed by atoms with Gasteiger partial charge in [0.05, 0.1) is 12.1 Å². The lowest BCUT2D eigenvalue weighted by molar-refractivity contribution is -0.169. The van der Waals surface area contributed by atoms with Crippen LogP contribution in [-0.2, 0) is 9.63 Å². The van der Waals surface area contributed by atoms with E-state index in [-0.39, 0.29) is 35.2 Å². The van der Waals surface area contributed by atoms with Crippen LogP contribution in [0.1, 0.15) is 38.3 Å². The summed E-state index contributed by atoms with van der Waals surface area (Å²) in [6.07, 6.45) is 0.853. The number of halogens is 2. The Bertz CT molecular complexity index is 789. The Morgan fingerprint density at radius 1 is 1.25 bits per heavy atom. The van der Waals surface area contributed by atoms with Crippen molar-refractivity contribution in [1.29, 1.82) is 0 Å². The highest BCUT2D eigenvalue weighted by molar-refractivity contribution is 6.32. The predicted molar refractivity (Wildman–Crippen MR) is 108 cm³/mol. The van der Waals surface area contributed by atoms with Crippen LogP contribution >= 0.6 is 11.6 Å². The maximum absolute atomic E-state index is 15.2. The molecule has 0 heterocycles. The van der Waals surface area contributed by atoms with Crippen molar-refractivity contribution in [3.63, 3.8) is 0 Å². The zero-order valence-corrected chi connectivity index (χ0v) is 17.3. The van der Waals surface area contributed by atoms with Gasteiger partial charge >= 0.3 is 0 Å². The third-order valence-electron chi connectivity index (χ3n) is 4.42. The first-order valence-electron chi connectivity index (χ1n) is 9.14. The molecule has 1 amide bonds. The van der Waals surface area contributed by atoms with Gasteiger partial charge in [-0.2, -0.15) is 0 Å². The number of amides is 1. The van der Waals surface area contributed by atoms with E-state index in [2.05, 4.69) is 5.32 Å². The van der Waals surface area contributed by atoms with Crippen LogP contribution < -0.4 is 10.1 Å². The molecule has 0 saturated carbocycles. The number of hydrogen-bond acceptors (Lipinski definition) is 4. The van der Waals surface area contributed by atoms with E-state index < -0.39 is 5.82 Å². The molecule has 5 nitrogen and oxygen atoms in total. The van der Waals surface area contributed by atoms with Crippen LogP contribution in [0.3, 0.4) is 0 Å². The molecule has 7 heteroatoms. The maximum Gasteiger partial charge on any atom is 0.247 e. The lowest BCUT2D eigenvalue weighted by Gasteiger charge is -2.25. The molecule has 0 radical (unpaired) electrons. The number of rotatable bonds is 9. The van der Waals surface area contributed by atoms with Gasteiger partial charge in [-0.05, 0) is 31.5 Å². The van der Waals surface area contributed by atoms with E-state index in [1.54, 1.807) is 43.4 Å². The number of nitrogens with one attached hydrogen (secondary N) is 1. The summed E-state index contributed by atoms with van der Waals surface area (Å²) in [6, 6.07) is 11.7. The van der Waals surface area contributed by atoms with E-state index in [0.29, 0.717) is 17.7 Å². The molecule has 152 valence electrons. The van der Waals surface area contributed by atoms with Crippen LogP contribution in [-0.4, -0.2) is 31.2 Å². The molecular weight excluding hydrogens is 383 g/mol. The molecule has 0 aromatic heterocycles. The molecular formula is C21H26ClFN2O3. The lowest BCUT2D eigenvalue weighted by Crippen LogP contribution is -2.36. The van der Waals surface area contributed by atoms with E-state index in [1.807, 2.05) is 19.9 Å². The van der Waals surface area contributed by atoms with E-state index >= 15 is 4.39 Å². The summed E-state index contributed by atoms with van der Waals surface area (Å²) in [4.78, 5) is 16.9. The summed E-state index contributed by atoms with van der Waals surface area (Å²) in [5, 5.41) is 4.68. The van der Waals surface area contributed by atoms with E-state index in [1.165, 1.54) is 12.2 Å². The van der Waals surface area contributed by atoms with Crippen molar-refractivity contribution in [2.45, 2.75) is 38.8 Å². The quantitative estimate of drug-likeness (QED) is 0.586. The Kier molecular flexibility index (Phi) is 8.23. The van der Waals surface area contributed by atoms with Crippen LogP contribution in [0, 0.1) is 5.82 Å². The van der Waals surface area contributed by atoms with Crippen molar-refractivity contribution in [2.24, 2.45) is 0 Å². The van der Waals surface area contributed by atoms with Gasteiger partial charge in [-0.15, -0.1) is 0 Å². The average Bonchev–Trinajstić information content (AvgIpc) is 2.69. The van der Waals surface area contributed by atoms with Crippen molar-refractivity contribution < 1.29 is 18.8 Å². The molecule has 0 aliphatic heterocycles. The van der Waals surface area contributed by atoms with Gasteiger partial charge in [0.1, 0.15) is 5.75 Å². The summed E-state index contributed by atoms with van der Waals surface area (Å²) in [5.74, 6) is -0.179. The number of benzene rings is 2. The van der Waals surface area contributed by atoms with Gasteiger partial charge in [-0.3, -0.25) is 9.63 Å². The summed E-state index contributed by atoms with van der Waals surface area (Å²) >= 11 is 6.18. The zero-order valence-electron chi connectivity index (χ0n) is 16.5. The van der Waals surface area contributed by atoms with Crippen LogP contribution in [0.5, 0.6) is 11.5 Å². The van der Waals surface area contributed by atoms with Crippen LogP contribution in [0.15, 0.2) is 42.5 Å². The molecule has 2 rings (SSSR count). The number of para-hydroxylation sites is 1. The first kappa shape index (κ1) is 22.1. The second-order valence-electron chi connectivity index (χ2n) is 6.50. The molecule has 0 aliphatic carbocycles. The second kappa shape index (κ2) is 10.4. The molecule has 0 fully saturated rings. The van der Waals surface area contributed by atoms with Gasteiger partial charge in [0, 0.05) is 31.1 Å². The minimum Gasteiger partial charge on any atom is -0.453 e. The van der Waals surface area contributed by atoms with Crippen molar-refractivity contribution >= 4 is 17.5 Å². The second-order valence-corrected chi connectivity index (χ2v) is 6.91. The summed E-state index contributed by atoms with van der Waals surface area (Å²) < 4.78 is 20.9. The third-order valence-corrected chi connectivity index (χ3v) is 4.71. The smallest absolute Gasteiger partial charge is 0.247 e. The molecule has 0 bridgehead atoms. The van der Waals surface area contributed by atoms with Gasteiger partial charge in [0.2, 0.25) is 5.91 Å². The number of hydrogen-bond donors (Lipinski definition) is 1. The molecule has 0 saturated heterocycles. The van der Waals surface area contributed by atoms with Gasteiger partial charge in [-0.25, -0.2) is 9.45 Å². The lowest BCUT2D eigenvalue weighted by atomic mass is 10.0. The number of carbonyl (C=O) groups is 1. The molecule has 28 heavy (non-hydrogen) atoms. The minimum atomic E-state index is -0.511. The van der Waals surface area contributed by atoms with Crippen molar-refractivity contribution in [3.8, 4) is 11.5 Å². The van der Waals surface area contributed by atoms with Crippen LogP contribution in [0.2, 0.25) is 5.02 Å². The molecule has 0 unspecified atom stereocenters. The monoisotopic (exact) mass is 408 g/mol. The Morgan fingerprint density at radius 3 is 2.54 bits per heavy atom. The molecule has 0 aliphatic rings. The fourth-order valence-electron chi connectivity index (χ4n) is 2.84.